The lowest BCUT2D eigenvalue weighted by Crippen LogP contribution is -2.40. The van der Waals surface area contributed by atoms with Crippen molar-refractivity contribution in [1.29, 1.82) is 0 Å². The van der Waals surface area contributed by atoms with Gasteiger partial charge in [-0.15, -0.1) is 24.0 Å². The van der Waals surface area contributed by atoms with Gasteiger partial charge in [-0.3, -0.25) is 0 Å². The molecule has 1 rings (SSSR count). The van der Waals surface area contributed by atoms with Crippen LogP contribution in [0.2, 0.25) is 0 Å². The SMILES string of the molecule is COCCNc1ccc(CN=C(N)NC(C)COC)cc1.I. The molecule has 1 aromatic rings. The van der Waals surface area contributed by atoms with Crippen LogP contribution in [0.4, 0.5) is 5.69 Å². The summed E-state index contributed by atoms with van der Waals surface area (Å²) in [5.74, 6) is 0.432. The topological polar surface area (TPSA) is 80.9 Å². The minimum Gasteiger partial charge on any atom is -0.383 e. The van der Waals surface area contributed by atoms with E-state index in [0.29, 0.717) is 25.7 Å². The molecule has 0 aliphatic heterocycles. The third-order valence-corrected chi connectivity index (χ3v) is 2.83. The van der Waals surface area contributed by atoms with Crippen molar-refractivity contribution in [2.45, 2.75) is 19.5 Å². The van der Waals surface area contributed by atoms with Gasteiger partial charge >= 0.3 is 0 Å². The molecule has 0 bridgehead atoms. The quantitative estimate of drug-likeness (QED) is 0.245. The van der Waals surface area contributed by atoms with Gasteiger partial charge in [0.15, 0.2) is 5.96 Å². The molecule has 0 aliphatic carbocycles. The zero-order valence-electron chi connectivity index (χ0n) is 13.5. The number of benzene rings is 1. The average molecular weight is 422 g/mol. The Morgan fingerprint density at radius 2 is 1.91 bits per heavy atom. The minimum absolute atomic E-state index is 0. The molecule has 1 aromatic carbocycles. The standard InChI is InChI=1S/C15H26N4O2.HI/c1-12(11-21-3)19-15(16)18-10-13-4-6-14(7-5-13)17-8-9-20-2;/h4-7,12,17H,8-11H2,1-3H3,(H3,16,18,19);1H. The highest BCUT2D eigenvalue weighted by molar-refractivity contribution is 14.0. The second-order valence-corrected chi connectivity index (χ2v) is 4.82. The molecular formula is C15H27IN4O2. The predicted molar refractivity (Wildman–Crippen MR) is 102 cm³/mol. The van der Waals surface area contributed by atoms with Crippen LogP contribution in [0.15, 0.2) is 29.3 Å². The molecule has 0 saturated heterocycles. The number of halogens is 1. The number of anilines is 1. The summed E-state index contributed by atoms with van der Waals surface area (Å²) in [7, 11) is 3.35. The third-order valence-electron chi connectivity index (χ3n) is 2.83. The number of guanidine groups is 1. The fraction of sp³-hybridized carbons (Fsp3) is 0.533. The summed E-state index contributed by atoms with van der Waals surface area (Å²) in [5, 5.41) is 6.34. The summed E-state index contributed by atoms with van der Waals surface area (Å²) in [6, 6.07) is 8.26. The molecule has 0 amide bonds. The van der Waals surface area contributed by atoms with Crippen LogP contribution in [-0.2, 0) is 16.0 Å². The second-order valence-electron chi connectivity index (χ2n) is 4.82. The minimum atomic E-state index is 0. The number of nitrogens with zero attached hydrogens (tertiary/aromatic N) is 1. The molecule has 6 nitrogen and oxygen atoms in total. The largest absolute Gasteiger partial charge is 0.383 e. The Kier molecular flexibility index (Phi) is 11.9. The van der Waals surface area contributed by atoms with E-state index < -0.39 is 0 Å². The van der Waals surface area contributed by atoms with Crippen molar-refractivity contribution in [2.24, 2.45) is 10.7 Å². The van der Waals surface area contributed by atoms with Crippen molar-refractivity contribution in [3.8, 4) is 0 Å². The maximum Gasteiger partial charge on any atom is 0.189 e. The molecule has 0 heterocycles. The maximum absolute atomic E-state index is 5.82. The average Bonchev–Trinajstić information content (AvgIpc) is 2.47. The molecule has 22 heavy (non-hydrogen) atoms. The van der Waals surface area contributed by atoms with Crippen LogP contribution >= 0.6 is 24.0 Å². The Labute approximate surface area is 149 Å². The van der Waals surface area contributed by atoms with Crippen LogP contribution in [0.1, 0.15) is 12.5 Å². The van der Waals surface area contributed by atoms with Gasteiger partial charge in [-0.25, -0.2) is 4.99 Å². The molecule has 0 aromatic heterocycles. The van der Waals surface area contributed by atoms with E-state index in [1.54, 1.807) is 14.2 Å². The molecule has 0 aliphatic rings. The molecule has 0 saturated carbocycles. The number of hydrogen-bond donors (Lipinski definition) is 3. The predicted octanol–water partition coefficient (Wildman–Crippen LogP) is 1.80. The molecule has 126 valence electrons. The van der Waals surface area contributed by atoms with Crippen molar-refractivity contribution >= 4 is 35.6 Å². The van der Waals surface area contributed by atoms with E-state index in [4.69, 9.17) is 15.2 Å². The Morgan fingerprint density at radius 1 is 1.23 bits per heavy atom. The molecule has 1 unspecified atom stereocenters. The summed E-state index contributed by atoms with van der Waals surface area (Å²) >= 11 is 0. The summed E-state index contributed by atoms with van der Waals surface area (Å²) in [6.07, 6.45) is 0. The number of methoxy groups -OCH3 is 2. The highest BCUT2D eigenvalue weighted by atomic mass is 127. The van der Waals surface area contributed by atoms with Crippen molar-refractivity contribution in [3.05, 3.63) is 29.8 Å². The van der Waals surface area contributed by atoms with E-state index in [9.17, 15) is 0 Å². The zero-order chi connectivity index (χ0) is 15.5. The van der Waals surface area contributed by atoms with Gasteiger partial charge in [-0.1, -0.05) is 12.1 Å². The fourth-order valence-corrected chi connectivity index (χ4v) is 1.79. The van der Waals surface area contributed by atoms with E-state index in [1.165, 1.54) is 0 Å². The lowest BCUT2D eigenvalue weighted by atomic mass is 10.2. The first-order valence-corrected chi connectivity index (χ1v) is 7.03. The van der Waals surface area contributed by atoms with Gasteiger partial charge in [0.05, 0.1) is 19.8 Å². The van der Waals surface area contributed by atoms with Gasteiger partial charge in [-0.2, -0.15) is 0 Å². The molecular weight excluding hydrogens is 395 g/mol. The zero-order valence-corrected chi connectivity index (χ0v) is 15.8. The number of nitrogens with two attached hydrogens (primary N) is 1. The van der Waals surface area contributed by atoms with Gasteiger partial charge in [0.25, 0.3) is 0 Å². The van der Waals surface area contributed by atoms with Crippen LogP contribution in [0.25, 0.3) is 0 Å². The number of rotatable bonds is 9. The van der Waals surface area contributed by atoms with E-state index in [0.717, 1.165) is 17.8 Å². The monoisotopic (exact) mass is 422 g/mol. The first kappa shape index (κ1) is 20.9. The van der Waals surface area contributed by atoms with Crippen molar-refractivity contribution in [2.75, 3.05) is 39.3 Å². The normalized spacial score (nSPS) is 12.4. The Morgan fingerprint density at radius 3 is 2.50 bits per heavy atom. The molecule has 0 fully saturated rings. The fourth-order valence-electron chi connectivity index (χ4n) is 1.79. The summed E-state index contributed by atoms with van der Waals surface area (Å²) in [6.45, 7) is 4.62. The number of hydrogen-bond acceptors (Lipinski definition) is 4. The second kappa shape index (κ2) is 12.5. The van der Waals surface area contributed by atoms with Gasteiger partial charge < -0.3 is 25.8 Å². The first-order chi connectivity index (χ1) is 10.2. The Hall–Kier alpha value is -1.06. The van der Waals surface area contributed by atoms with Crippen LogP contribution in [0, 0.1) is 0 Å². The van der Waals surface area contributed by atoms with Crippen LogP contribution < -0.4 is 16.4 Å². The van der Waals surface area contributed by atoms with Gasteiger partial charge in [0.1, 0.15) is 0 Å². The molecule has 0 spiro atoms. The van der Waals surface area contributed by atoms with Gasteiger partial charge in [0, 0.05) is 32.5 Å². The Balaban J connectivity index is 0.00000441. The Bertz CT molecular complexity index is 426. The highest BCUT2D eigenvalue weighted by Gasteiger charge is 2.01. The molecule has 0 radical (unpaired) electrons. The van der Waals surface area contributed by atoms with E-state index in [1.807, 2.05) is 31.2 Å². The van der Waals surface area contributed by atoms with Crippen LogP contribution in [0.3, 0.4) is 0 Å². The van der Waals surface area contributed by atoms with Crippen molar-refractivity contribution in [3.63, 3.8) is 0 Å². The van der Waals surface area contributed by atoms with E-state index in [-0.39, 0.29) is 30.0 Å². The smallest absolute Gasteiger partial charge is 0.189 e. The van der Waals surface area contributed by atoms with Crippen LogP contribution in [0.5, 0.6) is 0 Å². The van der Waals surface area contributed by atoms with Crippen molar-refractivity contribution in [1.82, 2.24) is 5.32 Å². The molecule has 7 heteroatoms. The first-order valence-electron chi connectivity index (χ1n) is 7.03. The van der Waals surface area contributed by atoms with Crippen LogP contribution in [-0.4, -0.2) is 46.0 Å². The van der Waals surface area contributed by atoms with Gasteiger partial charge in [-0.05, 0) is 24.6 Å². The third kappa shape index (κ3) is 9.06. The maximum atomic E-state index is 5.82. The van der Waals surface area contributed by atoms with E-state index in [2.05, 4.69) is 15.6 Å². The highest BCUT2D eigenvalue weighted by Crippen LogP contribution is 2.09. The summed E-state index contributed by atoms with van der Waals surface area (Å²) < 4.78 is 10.0. The lowest BCUT2D eigenvalue weighted by Gasteiger charge is -2.13. The number of nitrogens with one attached hydrogen (secondary N) is 2. The molecule has 4 N–H and O–H groups in total. The summed E-state index contributed by atoms with van der Waals surface area (Å²) in [4.78, 5) is 4.31. The number of ether oxygens (including phenoxy) is 2. The number of aliphatic imine (C=N–C) groups is 1. The lowest BCUT2D eigenvalue weighted by molar-refractivity contribution is 0.179. The van der Waals surface area contributed by atoms with Gasteiger partial charge in [0.2, 0.25) is 0 Å². The van der Waals surface area contributed by atoms with E-state index >= 15 is 0 Å². The summed E-state index contributed by atoms with van der Waals surface area (Å²) in [5.41, 5.74) is 8.00. The molecule has 1 atom stereocenters. The van der Waals surface area contributed by atoms with Crippen molar-refractivity contribution < 1.29 is 9.47 Å².